The molecule has 0 aromatic carbocycles. The number of hydrogen-bond donors (Lipinski definition) is 1. The van der Waals surface area contributed by atoms with Crippen LogP contribution >= 0.6 is 0 Å². The van der Waals surface area contributed by atoms with E-state index in [0.717, 1.165) is 0 Å². The van der Waals surface area contributed by atoms with Crippen LogP contribution < -0.4 is 0 Å². The third-order valence-electron chi connectivity index (χ3n) is 3.66. The second kappa shape index (κ2) is 4.78. The summed E-state index contributed by atoms with van der Waals surface area (Å²) in [5.41, 5.74) is 0.689. The zero-order valence-corrected chi connectivity index (χ0v) is 12.1. The lowest BCUT2D eigenvalue weighted by Crippen LogP contribution is -2.27. The molecule has 3 rings (SSSR count). The standard InChI is InChI=1S/C12H14N4O4S/c1-21(19,20)15-5-4-8(6-15)11-14-13-10-3-2-9(12(17)18)7-16(10)11/h2-3,7-8H,4-6H2,1H3,(H,17,18)/t8-/m0/s1. The second-order valence-corrected chi connectivity index (χ2v) is 7.10. The maximum absolute atomic E-state index is 11.6. The predicted octanol–water partition coefficient (Wildman–Crippen LogP) is 0.176. The molecule has 0 amide bonds. The lowest BCUT2D eigenvalue weighted by molar-refractivity contribution is 0.0696. The van der Waals surface area contributed by atoms with Crippen molar-refractivity contribution in [2.24, 2.45) is 0 Å². The zero-order chi connectivity index (χ0) is 15.2. The molecule has 3 heterocycles. The Kier molecular flexibility index (Phi) is 3.18. The Balaban J connectivity index is 1.98. The van der Waals surface area contributed by atoms with E-state index in [0.29, 0.717) is 31.0 Å². The van der Waals surface area contributed by atoms with Crippen LogP contribution in [0.3, 0.4) is 0 Å². The van der Waals surface area contributed by atoms with Crippen molar-refractivity contribution in [2.75, 3.05) is 19.3 Å². The van der Waals surface area contributed by atoms with Crippen molar-refractivity contribution in [1.29, 1.82) is 0 Å². The first-order valence-corrected chi connectivity index (χ1v) is 8.24. The van der Waals surface area contributed by atoms with Gasteiger partial charge in [0.1, 0.15) is 5.82 Å². The number of fused-ring (bicyclic) bond motifs is 1. The van der Waals surface area contributed by atoms with Crippen LogP contribution in [0.4, 0.5) is 0 Å². The van der Waals surface area contributed by atoms with Crippen LogP contribution in [0.2, 0.25) is 0 Å². The fourth-order valence-electron chi connectivity index (χ4n) is 2.55. The van der Waals surface area contributed by atoms with Crippen molar-refractivity contribution in [3.05, 3.63) is 29.7 Å². The number of sulfonamides is 1. The summed E-state index contributed by atoms with van der Waals surface area (Å²) >= 11 is 0. The predicted molar refractivity (Wildman–Crippen MR) is 73.7 cm³/mol. The number of aromatic nitrogens is 3. The highest BCUT2D eigenvalue weighted by Gasteiger charge is 2.32. The Morgan fingerprint density at radius 1 is 1.38 bits per heavy atom. The summed E-state index contributed by atoms with van der Waals surface area (Å²) in [6.45, 7) is 0.786. The molecule has 0 aliphatic carbocycles. The van der Waals surface area contributed by atoms with Crippen molar-refractivity contribution >= 4 is 21.6 Å². The quantitative estimate of drug-likeness (QED) is 0.867. The molecule has 0 bridgehead atoms. The van der Waals surface area contributed by atoms with Crippen molar-refractivity contribution in [1.82, 2.24) is 18.9 Å². The van der Waals surface area contributed by atoms with Gasteiger partial charge in [-0.05, 0) is 18.6 Å². The van der Waals surface area contributed by atoms with Crippen LogP contribution in [-0.4, -0.2) is 57.7 Å². The van der Waals surface area contributed by atoms with E-state index in [1.54, 1.807) is 10.5 Å². The molecule has 0 radical (unpaired) electrons. The lowest BCUT2D eigenvalue weighted by atomic mass is 10.1. The number of nitrogens with zero attached hydrogens (tertiary/aromatic N) is 4. The number of carboxylic acids is 1. The molecule has 2 aromatic heterocycles. The molecule has 1 atom stereocenters. The molecule has 112 valence electrons. The van der Waals surface area contributed by atoms with Gasteiger partial charge in [0.15, 0.2) is 5.65 Å². The highest BCUT2D eigenvalue weighted by Crippen LogP contribution is 2.27. The SMILES string of the molecule is CS(=O)(=O)N1CC[C@H](c2nnc3ccc(C(=O)O)cn23)C1. The van der Waals surface area contributed by atoms with E-state index in [1.807, 2.05) is 0 Å². The average Bonchev–Trinajstić information content (AvgIpc) is 3.03. The molecule has 2 aromatic rings. The molecule has 1 N–H and O–H groups in total. The van der Waals surface area contributed by atoms with Gasteiger partial charge in [0.05, 0.1) is 11.8 Å². The van der Waals surface area contributed by atoms with E-state index in [9.17, 15) is 13.2 Å². The van der Waals surface area contributed by atoms with Gasteiger partial charge in [0.2, 0.25) is 10.0 Å². The molecule has 1 aliphatic heterocycles. The van der Waals surface area contributed by atoms with E-state index in [4.69, 9.17) is 5.11 Å². The summed E-state index contributed by atoms with van der Waals surface area (Å²) in [5.74, 6) is -0.515. The fourth-order valence-corrected chi connectivity index (χ4v) is 3.44. The Morgan fingerprint density at radius 2 is 2.14 bits per heavy atom. The molecular formula is C12H14N4O4S. The van der Waals surface area contributed by atoms with E-state index in [2.05, 4.69) is 10.2 Å². The Bertz CT molecular complexity index is 814. The number of aromatic carboxylic acids is 1. The topological polar surface area (TPSA) is 105 Å². The van der Waals surface area contributed by atoms with Crippen molar-refractivity contribution in [3.63, 3.8) is 0 Å². The summed E-state index contributed by atoms with van der Waals surface area (Å²) in [6, 6.07) is 3.05. The van der Waals surface area contributed by atoms with Crippen molar-refractivity contribution in [2.45, 2.75) is 12.3 Å². The van der Waals surface area contributed by atoms with Gasteiger partial charge in [-0.1, -0.05) is 0 Å². The van der Waals surface area contributed by atoms with Gasteiger partial charge in [-0.3, -0.25) is 4.40 Å². The molecule has 8 nitrogen and oxygen atoms in total. The van der Waals surface area contributed by atoms with Crippen LogP contribution in [0, 0.1) is 0 Å². The van der Waals surface area contributed by atoms with E-state index in [1.165, 1.54) is 22.8 Å². The van der Waals surface area contributed by atoms with Gasteiger partial charge in [-0.15, -0.1) is 10.2 Å². The first-order valence-electron chi connectivity index (χ1n) is 6.39. The minimum atomic E-state index is -3.22. The smallest absolute Gasteiger partial charge is 0.337 e. The average molecular weight is 310 g/mol. The summed E-state index contributed by atoms with van der Waals surface area (Å²) in [4.78, 5) is 11.0. The minimum absolute atomic E-state index is 0.0845. The summed E-state index contributed by atoms with van der Waals surface area (Å²) in [5, 5.41) is 17.1. The van der Waals surface area contributed by atoms with Crippen LogP contribution in [0.25, 0.3) is 5.65 Å². The van der Waals surface area contributed by atoms with Crippen LogP contribution in [0.15, 0.2) is 18.3 Å². The van der Waals surface area contributed by atoms with Gasteiger partial charge >= 0.3 is 5.97 Å². The number of hydrogen-bond acceptors (Lipinski definition) is 5. The third-order valence-corrected chi connectivity index (χ3v) is 4.93. The van der Waals surface area contributed by atoms with Gasteiger partial charge in [0, 0.05) is 25.2 Å². The monoisotopic (exact) mass is 310 g/mol. The van der Waals surface area contributed by atoms with Crippen molar-refractivity contribution in [3.8, 4) is 0 Å². The van der Waals surface area contributed by atoms with Crippen LogP contribution in [0.5, 0.6) is 0 Å². The zero-order valence-electron chi connectivity index (χ0n) is 11.3. The largest absolute Gasteiger partial charge is 0.478 e. The molecular weight excluding hydrogens is 296 g/mol. The molecule has 0 saturated carbocycles. The summed E-state index contributed by atoms with van der Waals surface area (Å²) < 4.78 is 26.1. The summed E-state index contributed by atoms with van der Waals surface area (Å²) in [7, 11) is -3.22. The maximum atomic E-state index is 11.6. The first kappa shape index (κ1) is 14.0. The van der Waals surface area contributed by atoms with Gasteiger partial charge in [-0.2, -0.15) is 0 Å². The molecule has 0 unspecified atom stereocenters. The molecule has 9 heteroatoms. The molecule has 1 fully saturated rings. The molecule has 0 spiro atoms. The second-order valence-electron chi connectivity index (χ2n) is 5.12. The number of pyridine rings is 1. The van der Waals surface area contributed by atoms with E-state index in [-0.39, 0.29) is 11.5 Å². The highest BCUT2D eigenvalue weighted by atomic mass is 32.2. The number of carbonyl (C=O) groups is 1. The Morgan fingerprint density at radius 3 is 2.76 bits per heavy atom. The maximum Gasteiger partial charge on any atom is 0.337 e. The van der Waals surface area contributed by atoms with Crippen molar-refractivity contribution < 1.29 is 18.3 Å². The molecule has 1 saturated heterocycles. The highest BCUT2D eigenvalue weighted by molar-refractivity contribution is 7.88. The molecule has 1 aliphatic rings. The Hall–Kier alpha value is -2.00. The summed E-state index contributed by atoms with van der Waals surface area (Å²) in [6.07, 6.45) is 3.29. The number of carboxylic acid groups (broad SMARTS) is 1. The van der Waals surface area contributed by atoms with E-state index < -0.39 is 16.0 Å². The lowest BCUT2D eigenvalue weighted by Gasteiger charge is -2.12. The fraction of sp³-hybridized carbons (Fsp3) is 0.417. The Labute approximate surface area is 121 Å². The van der Waals surface area contributed by atoms with Gasteiger partial charge in [-0.25, -0.2) is 17.5 Å². The van der Waals surface area contributed by atoms with Gasteiger partial charge < -0.3 is 5.11 Å². The van der Waals surface area contributed by atoms with Crippen LogP contribution in [0.1, 0.15) is 28.5 Å². The van der Waals surface area contributed by atoms with Gasteiger partial charge in [0.25, 0.3) is 0 Å². The van der Waals surface area contributed by atoms with E-state index >= 15 is 0 Å². The first-order chi connectivity index (χ1) is 9.86. The van der Waals surface area contributed by atoms with Crippen LogP contribution in [-0.2, 0) is 10.0 Å². The normalized spacial score (nSPS) is 20.1. The number of rotatable bonds is 3. The molecule has 21 heavy (non-hydrogen) atoms. The minimum Gasteiger partial charge on any atom is -0.478 e. The third kappa shape index (κ3) is 2.49.